The molecule has 0 N–H and O–H groups in total. The maximum Gasteiger partial charge on any atom is 0.269 e. The molecule has 41 heavy (non-hydrogen) atoms. The van der Waals surface area contributed by atoms with Crippen molar-refractivity contribution >= 4 is 17.4 Å². The minimum Gasteiger partial charge on any atom is -0.339 e. The summed E-state index contributed by atoms with van der Waals surface area (Å²) in [5, 5.41) is 11.2. The Morgan fingerprint density at radius 3 is 1.83 bits per heavy atom. The fraction of sp³-hybridized carbons (Fsp3) is 0.375. The number of rotatable bonds is 6. The van der Waals surface area contributed by atoms with Crippen LogP contribution in [0.25, 0.3) is 0 Å². The van der Waals surface area contributed by atoms with Crippen molar-refractivity contribution in [3.8, 4) is 0 Å². The summed E-state index contributed by atoms with van der Waals surface area (Å²) in [5.74, 6) is 1.95. The molecule has 0 spiro atoms. The van der Waals surface area contributed by atoms with Gasteiger partial charge in [0.15, 0.2) is 11.3 Å². The Labute approximate surface area is 238 Å². The highest BCUT2D eigenvalue weighted by Crippen LogP contribution is 2.61. The number of amides is 1. The highest BCUT2D eigenvalue weighted by molar-refractivity contribution is 6.06. The monoisotopic (exact) mass is 549 g/mol. The molecule has 5 aliphatic rings. The molecular weight excluding hydrogens is 518 g/mol. The molecule has 3 aromatic rings. The molecule has 4 aliphatic carbocycles. The van der Waals surface area contributed by atoms with E-state index in [1.807, 2.05) is 41.1 Å². The molecular formula is C32H31N5O4. The Bertz CT molecular complexity index is 1480. The standard InChI is InChI=1S/C32H31N5O4/c1-35-29(17-28(38)24-2-4-27(5-3-24)37(40)41)36(31-18-21-14-22(19-31)16-23(15-21)20-31)30(39)32(35,25-6-10-33-11-7-25)26-8-12-34-13-9-26/h2-13,17,21-23H,14-16,18-20H2,1H3. The van der Waals surface area contributed by atoms with Crippen molar-refractivity contribution in [2.45, 2.75) is 49.6 Å². The minimum atomic E-state index is -1.21. The van der Waals surface area contributed by atoms with Crippen molar-refractivity contribution < 1.29 is 14.5 Å². The van der Waals surface area contributed by atoms with Gasteiger partial charge in [-0.05, 0) is 104 Å². The molecule has 9 nitrogen and oxygen atoms in total. The average molecular weight is 550 g/mol. The Hall–Kier alpha value is -4.40. The number of nitro groups is 1. The third-order valence-electron chi connectivity index (χ3n) is 9.89. The third kappa shape index (κ3) is 3.82. The quantitative estimate of drug-likeness (QED) is 0.182. The summed E-state index contributed by atoms with van der Waals surface area (Å²) in [5.41, 5.74) is 0.228. The Balaban J connectivity index is 1.42. The first-order valence-corrected chi connectivity index (χ1v) is 14.2. The normalized spacial score (nSPS) is 28.9. The van der Waals surface area contributed by atoms with Gasteiger partial charge in [-0.3, -0.25) is 34.6 Å². The molecule has 0 radical (unpaired) electrons. The maximum absolute atomic E-state index is 15.2. The van der Waals surface area contributed by atoms with Crippen LogP contribution in [-0.4, -0.2) is 49.0 Å². The molecule has 3 heterocycles. The van der Waals surface area contributed by atoms with Gasteiger partial charge in [0.2, 0.25) is 0 Å². The number of nitro benzene ring substituents is 1. The number of aromatic nitrogens is 2. The number of carbonyl (C=O) groups is 2. The van der Waals surface area contributed by atoms with Crippen molar-refractivity contribution in [2.24, 2.45) is 17.8 Å². The summed E-state index contributed by atoms with van der Waals surface area (Å²) < 4.78 is 0. The first-order chi connectivity index (χ1) is 19.8. The number of allylic oxidation sites excluding steroid dienone is 1. The predicted octanol–water partition coefficient (Wildman–Crippen LogP) is 5.10. The van der Waals surface area contributed by atoms with Crippen LogP contribution in [0.4, 0.5) is 5.69 Å². The van der Waals surface area contributed by atoms with Gasteiger partial charge in [-0.25, -0.2) is 0 Å². The SMILES string of the molecule is CN1C(=CC(=O)c2ccc([N+](=O)[O-])cc2)N(C23CC4CC(CC(C4)C2)C3)C(=O)C1(c1ccncc1)c1ccncc1. The first kappa shape index (κ1) is 25.6. The summed E-state index contributed by atoms with van der Waals surface area (Å²) in [7, 11) is 1.88. The van der Waals surface area contributed by atoms with Gasteiger partial charge in [0.25, 0.3) is 11.6 Å². The van der Waals surface area contributed by atoms with Gasteiger partial charge in [-0.15, -0.1) is 0 Å². The minimum absolute atomic E-state index is 0.0675. The number of nitrogens with zero attached hydrogens (tertiary/aromatic N) is 5. The Morgan fingerprint density at radius 2 is 1.37 bits per heavy atom. The zero-order valence-electron chi connectivity index (χ0n) is 22.8. The van der Waals surface area contributed by atoms with Gasteiger partial charge in [-0.2, -0.15) is 0 Å². The van der Waals surface area contributed by atoms with Crippen molar-refractivity contribution in [2.75, 3.05) is 7.05 Å². The molecule has 1 amide bonds. The third-order valence-corrected chi connectivity index (χ3v) is 9.89. The van der Waals surface area contributed by atoms with E-state index in [0.717, 1.165) is 30.4 Å². The number of ketones is 1. The Kier molecular flexibility index (Phi) is 5.81. The van der Waals surface area contributed by atoms with Crippen LogP contribution in [0.3, 0.4) is 0 Å². The number of likely N-dealkylation sites (N-methyl/N-ethyl adjacent to an activating group) is 1. The van der Waals surface area contributed by atoms with Crippen LogP contribution in [0.1, 0.15) is 60.0 Å². The summed E-state index contributed by atoms with van der Waals surface area (Å²) in [6, 6.07) is 13.1. The zero-order chi connectivity index (χ0) is 28.4. The average Bonchev–Trinajstić information content (AvgIpc) is 3.19. The van der Waals surface area contributed by atoms with Gasteiger partial charge in [0.1, 0.15) is 5.82 Å². The molecule has 1 aromatic carbocycles. The van der Waals surface area contributed by atoms with Crippen molar-refractivity contribution in [1.29, 1.82) is 0 Å². The van der Waals surface area contributed by atoms with E-state index in [-0.39, 0.29) is 22.9 Å². The van der Waals surface area contributed by atoms with E-state index >= 15 is 4.79 Å². The smallest absolute Gasteiger partial charge is 0.269 e. The first-order valence-electron chi connectivity index (χ1n) is 14.2. The van der Waals surface area contributed by atoms with Crippen LogP contribution < -0.4 is 0 Å². The molecule has 2 aromatic heterocycles. The maximum atomic E-state index is 15.2. The van der Waals surface area contributed by atoms with E-state index < -0.39 is 10.5 Å². The lowest BCUT2D eigenvalue weighted by atomic mass is 9.52. The molecule has 1 saturated heterocycles. The zero-order valence-corrected chi connectivity index (χ0v) is 22.8. The van der Waals surface area contributed by atoms with Gasteiger partial charge < -0.3 is 4.90 Å². The number of benzene rings is 1. The molecule has 0 unspecified atom stereocenters. The fourth-order valence-electron chi connectivity index (χ4n) is 8.62. The second kappa shape index (κ2) is 9.33. The highest BCUT2D eigenvalue weighted by atomic mass is 16.6. The second-order valence-corrected chi connectivity index (χ2v) is 12.2. The molecule has 4 bridgehead atoms. The largest absolute Gasteiger partial charge is 0.339 e. The summed E-state index contributed by atoms with van der Waals surface area (Å²) >= 11 is 0. The molecule has 5 fully saturated rings. The van der Waals surface area contributed by atoms with Crippen LogP contribution in [-0.2, 0) is 10.3 Å². The van der Waals surface area contributed by atoms with E-state index in [2.05, 4.69) is 9.97 Å². The number of carbonyl (C=O) groups excluding carboxylic acids is 2. The van der Waals surface area contributed by atoms with Crippen LogP contribution in [0.15, 0.2) is 85.2 Å². The van der Waals surface area contributed by atoms with E-state index in [0.29, 0.717) is 29.1 Å². The van der Waals surface area contributed by atoms with E-state index in [4.69, 9.17) is 0 Å². The second-order valence-electron chi connectivity index (χ2n) is 12.2. The molecule has 0 atom stereocenters. The summed E-state index contributed by atoms with van der Waals surface area (Å²) in [6.07, 6.45) is 14.8. The van der Waals surface area contributed by atoms with Crippen LogP contribution >= 0.6 is 0 Å². The van der Waals surface area contributed by atoms with Crippen LogP contribution in [0.5, 0.6) is 0 Å². The van der Waals surface area contributed by atoms with E-state index in [1.54, 1.807) is 30.9 Å². The summed E-state index contributed by atoms with van der Waals surface area (Å²) in [4.78, 5) is 52.0. The van der Waals surface area contributed by atoms with Gasteiger partial charge >= 0.3 is 0 Å². The van der Waals surface area contributed by atoms with Gasteiger partial charge in [0.05, 0.1) is 10.5 Å². The molecule has 208 valence electrons. The van der Waals surface area contributed by atoms with Crippen molar-refractivity contribution in [3.05, 3.63) is 112 Å². The van der Waals surface area contributed by atoms with Crippen LogP contribution in [0, 0.1) is 27.9 Å². The lowest BCUT2D eigenvalue weighted by Crippen LogP contribution is -2.61. The molecule has 1 aliphatic heterocycles. The number of hydrogen-bond acceptors (Lipinski definition) is 7. The number of pyridine rings is 2. The highest BCUT2D eigenvalue weighted by Gasteiger charge is 2.64. The molecule has 8 rings (SSSR count). The van der Waals surface area contributed by atoms with E-state index in [1.165, 1.54) is 43.5 Å². The van der Waals surface area contributed by atoms with E-state index in [9.17, 15) is 14.9 Å². The fourth-order valence-corrected chi connectivity index (χ4v) is 8.62. The van der Waals surface area contributed by atoms with Gasteiger partial charge in [0, 0.05) is 55.6 Å². The van der Waals surface area contributed by atoms with Gasteiger partial charge in [-0.1, -0.05) is 0 Å². The van der Waals surface area contributed by atoms with Crippen molar-refractivity contribution in [3.63, 3.8) is 0 Å². The Morgan fingerprint density at radius 1 is 0.878 bits per heavy atom. The topological polar surface area (TPSA) is 110 Å². The molecule has 9 heteroatoms. The predicted molar refractivity (Wildman–Crippen MR) is 150 cm³/mol. The molecule has 4 saturated carbocycles. The van der Waals surface area contributed by atoms with Crippen LogP contribution in [0.2, 0.25) is 0 Å². The lowest BCUT2D eigenvalue weighted by molar-refractivity contribution is -0.384. The lowest BCUT2D eigenvalue weighted by Gasteiger charge is -2.59. The summed E-state index contributed by atoms with van der Waals surface area (Å²) in [6.45, 7) is 0. The van der Waals surface area contributed by atoms with Crippen molar-refractivity contribution in [1.82, 2.24) is 19.8 Å². The number of hydrogen-bond donors (Lipinski definition) is 0. The number of non-ortho nitro benzene ring substituents is 1.